The van der Waals surface area contributed by atoms with E-state index in [1.165, 1.54) is 11.8 Å². The molecule has 0 aliphatic heterocycles. The number of thioether (sulfide) groups is 1. The highest BCUT2D eigenvalue weighted by molar-refractivity contribution is 7.99. The number of nitrogens with zero attached hydrogens (tertiary/aromatic N) is 5. The molecule has 1 N–H and O–H groups in total. The van der Waals surface area contributed by atoms with Gasteiger partial charge in [-0.2, -0.15) is 5.10 Å². The fourth-order valence-corrected chi connectivity index (χ4v) is 3.35. The van der Waals surface area contributed by atoms with Crippen LogP contribution in [0.3, 0.4) is 0 Å². The van der Waals surface area contributed by atoms with Crippen LogP contribution >= 0.6 is 11.8 Å². The van der Waals surface area contributed by atoms with Crippen LogP contribution in [-0.4, -0.2) is 36.6 Å². The molecule has 0 aliphatic carbocycles. The van der Waals surface area contributed by atoms with Crippen LogP contribution in [-0.2, 0) is 10.2 Å². The normalized spacial score (nSPS) is 11.5. The number of rotatable bonds is 6. The van der Waals surface area contributed by atoms with Crippen LogP contribution in [0.2, 0.25) is 0 Å². The minimum absolute atomic E-state index is 0.128. The van der Waals surface area contributed by atoms with Crippen LogP contribution in [0, 0.1) is 0 Å². The first-order valence-electron chi connectivity index (χ1n) is 9.73. The first kappa shape index (κ1) is 20.8. The lowest BCUT2D eigenvalue weighted by Crippen LogP contribution is -2.17. The van der Waals surface area contributed by atoms with Gasteiger partial charge in [0.05, 0.1) is 17.1 Å². The Morgan fingerprint density at radius 1 is 1.10 bits per heavy atom. The molecule has 1 aromatic carbocycles. The van der Waals surface area contributed by atoms with Gasteiger partial charge in [-0.25, -0.2) is 4.68 Å². The third-order valence-corrected chi connectivity index (χ3v) is 5.22. The largest absolute Gasteiger partial charge is 0.411 e. The van der Waals surface area contributed by atoms with E-state index in [1.807, 2.05) is 36.4 Å². The molecule has 0 unspecified atom stereocenters. The van der Waals surface area contributed by atoms with Crippen molar-refractivity contribution in [1.29, 1.82) is 0 Å². The Morgan fingerprint density at radius 3 is 2.55 bits per heavy atom. The van der Waals surface area contributed by atoms with Crippen molar-refractivity contribution in [3.8, 4) is 17.1 Å². The number of hydrogen-bond acceptors (Lipinski definition) is 7. The van der Waals surface area contributed by atoms with Gasteiger partial charge in [-0.15, -0.1) is 10.2 Å². The smallest absolute Gasteiger partial charge is 0.277 e. The van der Waals surface area contributed by atoms with Crippen molar-refractivity contribution in [2.24, 2.45) is 0 Å². The molecule has 0 bridgehead atoms. The number of amides is 1. The quantitative estimate of drug-likeness (QED) is 0.451. The SMILES string of the molecule is CC(C)(C)c1cc(NC(=O)CSc2nnc(-c3ccncc3)o2)n(-c2ccccc2)n1. The Hall–Kier alpha value is -3.46. The molecule has 4 aromatic rings. The van der Waals surface area contributed by atoms with Crippen molar-refractivity contribution in [3.05, 3.63) is 66.6 Å². The van der Waals surface area contributed by atoms with Gasteiger partial charge in [-0.3, -0.25) is 9.78 Å². The van der Waals surface area contributed by atoms with Gasteiger partial charge in [-0.1, -0.05) is 50.7 Å². The summed E-state index contributed by atoms with van der Waals surface area (Å²) in [6.45, 7) is 6.26. The van der Waals surface area contributed by atoms with Crippen LogP contribution in [0.25, 0.3) is 17.1 Å². The maximum absolute atomic E-state index is 12.6. The predicted octanol–water partition coefficient (Wildman–Crippen LogP) is 4.35. The highest BCUT2D eigenvalue weighted by Crippen LogP contribution is 2.27. The van der Waals surface area contributed by atoms with E-state index in [9.17, 15) is 4.79 Å². The van der Waals surface area contributed by atoms with Crippen molar-refractivity contribution < 1.29 is 9.21 Å². The second-order valence-corrected chi connectivity index (χ2v) is 8.78. The van der Waals surface area contributed by atoms with Gasteiger partial charge < -0.3 is 9.73 Å². The standard InChI is InChI=1S/C22H22N6O2S/c1-22(2,3)17-13-18(28(27-17)16-7-5-4-6-8-16)24-19(29)14-31-21-26-25-20(30-21)15-9-11-23-12-10-15/h4-13H,14H2,1-3H3,(H,24,29). The van der Waals surface area contributed by atoms with Gasteiger partial charge in [0.25, 0.3) is 5.22 Å². The fourth-order valence-electron chi connectivity index (χ4n) is 2.79. The van der Waals surface area contributed by atoms with Crippen molar-refractivity contribution in [2.45, 2.75) is 31.4 Å². The molecule has 158 valence electrons. The molecule has 0 aliphatic rings. The molecule has 0 saturated heterocycles. The molecule has 0 saturated carbocycles. The van der Waals surface area contributed by atoms with Crippen molar-refractivity contribution >= 4 is 23.5 Å². The highest BCUT2D eigenvalue weighted by atomic mass is 32.2. The Bertz CT molecular complexity index is 1170. The third kappa shape index (κ3) is 5.00. The molecule has 4 rings (SSSR count). The van der Waals surface area contributed by atoms with Gasteiger partial charge in [0.15, 0.2) is 0 Å². The van der Waals surface area contributed by atoms with Crippen LogP contribution in [0.1, 0.15) is 26.5 Å². The first-order valence-corrected chi connectivity index (χ1v) is 10.7. The zero-order valence-corrected chi connectivity index (χ0v) is 18.3. The molecule has 0 radical (unpaired) electrons. The molecule has 0 fully saturated rings. The Labute approximate surface area is 184 Å². The van der Waals surface area contributed by atoms with E-state index in [-0.39, 0.29) is 17.1 Å². The molecule has 9 heteroatoms. The van der Waals surface area contributed by atoms with E-state index in [4.69, 9.17) is 9.52 Å². The number of anilines is 1. The van der Waals surface area contributed by atoms with Crippen LogP contribution < -0.4 is 5.32 Å². The zero-order valence-electron chi connectivity index (χ0n) is 17.4. The number of nitrogens with one attached hydrogen (secondary N) is 1. The fraction of sp³-hybridized carbons (Fsp3) is 0.227. The summed E-state index contributed by atoms with van der Waals surface area (Å²) in [5.74, 6) is 0.946. The molecular weight excluding hydrogens is 412 g/mol. The molecule has 1 amide bonds. The average Bonchev–Trinajstić information content (AvgIpc) is 3.41. The van der Waals surface area contributed by atoms with Crippen molar-refractivity contribution in [1.82, 2.24) is 25.0 Å². The zero-order chi connectivity index (χ0) is 21.8. The van der Waals surface area contributed by atoms with Gasteiger partial charge in [-0.05, 0) is 24.3 Å². The van der Waals surface area contributed by atoms with Gasteiger partial charge in [0.1, 0.15) is 5.82 Å². The predicted molar refractivity (Wildman–Crippen MR) is 119 cm³/mol. The van der Waals surface area contributed by atoms with Crippen molar-refractivity contribution in [3.63, 3.8) is 0 Å². The van der Waals surface area contributed by atoms with E-state index in [0.717, 1.165) is 16.9 Å². The first-order chi connectivity index (χ1) is 14.9. The lowest BCUT2D eigenvalue weighted by Gasteiger charge is -2.14. The Morgan fingerprint density at radius 2 is 1.84 bits per heavy atom. The van der Waals surface area contributed by atoms with E-state index in [2.05, 4.69) is 41.3 Å². The van der Waals surface area contributed by atoms with Crippen LogP contribution in [0.4, 0.5) is 5.82 Å². The second kappa shape index (κ2) is 8.73. The number of hydrogen-bond donors (Lipinski definition) is 1. The summed E-state index contributed by atoms with van der Waals surface area (Å²) in [4.78, 5) is 16.6. The average molecular weight is 435 g/mol. The number of benzene rings is 1. The number of carbonyl (C=O) groups is 1. The minimum Gasteiger partial charge on any atom is -0.411 e. The monoisotopic (exact) mass is 434 g/mol. The van der Waals surface area contributed by atoms with E-state index in [1.54, 1.807) is 29.2 Å². The third-order valence-electron chi connectivity index (χ3n) is 4.41. The van der Waals surface area contributed by atoms with Crippen LogP contribution in [0.15, 0.2) is 70.6 Å². The van der Waals surface area contributed by atoms with Crippen molar-refractivity contribution in [2.75, 3.05) is 11.1 Å². The van der Waals surface area contributed by atoms with E-state index < -0.39 is 0 Å². The highest BCUT2D eigenvalue weighted by Gasteiger charge is 2.21. The summed E-state index contributed by atoms with van der Waals surface area (Å²) >= 11 is 1.18. The topological polar surface area (TPSA) is 98.7 Å². The van der Waals surface area contributed by atoms with E-state index in [0.29, 0.717) is 16.9 Å². The molecular formula is C22H22N6O2S. The number of pyridine rings is 1. The number of aromatic nitrogens is 5. The summed E-state index contributed by atoms with van der Waals surface area (Å²) in [5, 5.41) is 16.0. The summed E-state index contributed by atoms with van der Waals surface area (Å²) in [5.41, 5.74) is 2.39. The number of para-hydroxylation sites is 1. The summed E-state index contributed by atoms with van der Waals surface area (Å²) in [6.07, 6.45) is 3.31. The van der Waals surface area contributed by atoms with Gasteiger partial charge in [0, 0.05) is 29.4 Å². The molecule has 0 spiro atoms. The second-order valence-electron chi connectivity index (χ2n) is 7.86. The molecule has 3 heterocycles. The van der Waals surface area contributed by atoms with E-state index >= 15 is 0 Å². The molecule has 3 aromatic heterocycles. The number of carbonyl (C=O) groups excluding carboxylic acids is 1. The molecule has 0 atom stereocenters. The maximum Gasteiger partial charge on any atom is 0.277 e. The van der Waals surface area contributed by atoms with Gasteiger partial charge in [0.2, 0.25) is 11.8 Å². The minimum atomic E-state index is -0.189. The lowest BCUT2D eigenvalue weighted by molar-refractivity contribution is -0.113. The van der Waals surface area contributed by atoms with Gasteiger partial charge >= 0.3 is 0 Å². The summed E-state index contributed by atoms with van der Waals surface area (Å²) in [7, 11) is 0. The maximum atomic E-state index is 12.6. The Kier molecular flexibility index (Phi) is 5.85. The molecule has 8 nitrogen and oxygen atoms in total. The summed E-state index contributed by atoms with van der Waals surface area (Å²) in [6, 6.07) is 15.2. The molecule has 31 heavy (non-hydrogen) atoms. The lowest BCUT2D eigenvalue weighted by atomic mass is 9.92. The summed E-state index contributed by atoms with van der Waals surface area (Å²) < 4.78 is 7.37. The Balaban J connectivity index is 1.46. The van der Waals surface area contributed by atoms with Crippen LogP contribution in [0.5, 0.6) is 0 Å².